The van der Waals surface area contributed by atoms with Crippen molar-refractivity contribution in [2.75, 3.05) is 6.54 Å². The van der Waals surface area contributed by atoms with Crippen molar-refractivity contribution in [1.82, 2.24) is 15.1 Å². The third-order valence-corrected chi connectivity index (χ3v) is 2.88. The molecule has 1 heterocycles. The van der Waals surface area contributed by atoms with Gasteiger partial charge in [-0.25, -0.2) is 0 Å². The molecule has 84 valence electrons. The summed E-state index contributed by atoms with van der Waals surface area (Å²) >= 11 is 0. The number of aliphatic hydroxyl groups excluding tert-OH is 1. The zero-order valence-corrected chi connectivity index (χ0v) is 9.40. The number of nitrogens with one attached hydrogen (secondary N) is 1. The van der Waals surface area contributed by atoms with Crippen molar-refractivity contribution in [3.63, 3.8) is 0 Å². The van der Waals surface area contributed by atoms with Gasteiger partial charge in [-0.05, 0) is 26.2 Å². The highest BCUT2D eigenvalue weighted by Crippen LogP contribution is 2.28. The van der Waals surface area contributed by atoms with Gasteiger partial charge in [0.25, 0.3) is 0 Å². The van der Waals surface area contributed by atoms with Crippen LogP contribution in [0.15, 0.2) is 6.20 Å². The smallest absolute Gasteiger partial charge is 0.0672 e. The van der Waals surface area contributed by atoms with Gasteiger partial charge < -0.3 is 10.4 Å². The maximum absolute atomic E-state index is 9.25. The largest absolute Gasteiger partial charge is 0.392 e. The summed E-state index contributed by atoms with van der Waals surface area (Å²) in [5, 5.41) is 17.1. The number of aliphatic hydroxyl groups is 1. The molecule has 2 rings (SSSR count). The van der Waals surface area contributed by atoms with Crippen molar-refractivity contribution in [3.8, 4) is 0 Å². The van der Waals surface area contributed by atoms with E-state index in [9.17, 15) is 5.11 Å². The van der Waals surface area contributed by atoms with Crippen LogP contribution in [0.4, 0.5) is 0 Å². The van der Waals surface area contributed by atoms with Crippen LogP contribution < -0.4 is 5.32 Å². The second-order valence-electron chi connectivity index (χ2n) is 4.41. The Bertz CT molecular complexity index is 333. The summed E-state index contributed by atoms with van der Waals surface area (Å²) in [4.78, 5) is 0. The fourth-order valence-corrected chi connectivity index (χ4v) is 2.19. The first-order valence-electron chi connectivity index (χ1n) is 5.60. The minimum absolute atomic E-state index is 0.285. The number of aryl methyl sites for hydroxylation is 2. The Morgan fingerprint density at radius 2 is 2.53 bits per heavy atom. The molecule has 0 unspecified atom stereocenters. The Balaban J connectivity index is 2.08. The van der Waals surface area contributed by atoms with E-state index in [1.165, 1.54) is 17.7 Å². The molecular weight excluding hydrogens is 190 g/mol. The summed E-state index contributed by atoms with van der Waals surface area (Å²) in [7, 11) is 1.96. The number of nitrogens with zero attached hydrogens (tertiary/aromatic N) is 2. The highest BCUT2D eigenvalue weighted by Gasteiger charge is 2.22. The molecule has 0 aromatic carbocycles. The van der Waals surface area contributed by atoms with E-state index in [-0.39, 0.29) is 6.10 Å². The minimum atomic E-state index is -0.285. The maximum atomic E-state index is 9.25. The third kappa shape index (κ3) is 2.38. The summed E-state index contributed by atoms with van der Waals surface area (Å²) in [5.41, 5.74) is 2.52. The van der Waals surface area contributed by atoms with E-state index < -0.39 is 0 Å². The van der Waals surface area contributed by atoms with Crippen LogP contribution in [0.2, 0.25) is 0 Å². The molecular formula is C11H19N3O. The predicted molar refractivity (Wildman–Crippen MR) is 58.6 cm³/mol. The van der Waals surface area contributed by atoms with Gasteiger partial charge in [-0.3, -0.25) is 4.68 Å². The van der Waals surface area contributed by atoms with E-state index in [1.807, 2.05) is 11.7 Å². The van der Waals surface area contributed by atoms with E-state index in [0.29, 0.717) is 12.6 Å². The maximum Gasteiger partial charge on any atom is 0.0672 e. The lowest BCUT2D eigenvalue weighted by atomic mass is 9.93. The number of hydrogen-bond acceptors (Lipinski definition) is 3. The molecule has 2 N–H and O–H groups in total. The van der Waals surface area contributed by atoms with Gasteiger partial charge in [0.1, 0.15) is 0 Å². The molecule has 0 aliphatic heterocycles. The van der Waals surface area contributed by atoms with Gasteiger partial charge in [-0.2, -0.15) is 5.10 Å². The fraction of sp³-hybridized carbons (Fsp3) is 0.727. The molecule has 0 saturated heterocycles. The second-order valence-corrected chi connectivity index (χ2v) is 4.41. The zero-order chi connectivity index (χ0) is 10.8. The molecule has 0 fully saturated rings. The van der Waals surface area contributed by atoms with Crippen molar-refractivity contribution in [2.24, 2.45) is 7.05 Å². The monoisotopic (exact) mass is 209 g/mol. The Hall–Kier alpha value is -0.870. The molecule has 1 aromatic rings. The first kappa shape index (κ1) is 10.6. The van der Waals surface area contributed by atoms with Crippen molar-refractivity contribution >= 4 is 0 Å². The van der Waals surface area contributed by atoms with E-state index in [4.69, 9.17) is 0 Å². The van der Waals surface area contributed by atoms with Gasteiger partial charge in [-0.15, -0.1) is 0 Å². The van der Waals surface area contributed by atoms with Crippen molar-refractivity contribution in [1.29, 1.82) is 0 Å². The predicted octanol–water partition coefficient (Wildman–Crippen LogP) is 0.768. The van der Waals surface area contributed by atoms with Crippen molar-refractivity contribution in [3.05, 3.63) is 17.5 Å². The van der Waals surface area contributed by atoms with Crippen LogP contribution in [0.25, 0.3) is 0 Å². The minimum Gasteiger partial charge on any atom is -0.392 e. The molecule has 1 aromatic heterocycles. The number of hydrogen-bond donors (Lipinski definition) is 2. The van der Waals surface area contributed by atoms with Gasteiger partial charge in [-0.1, -0.05) is 0 Å². The lowest BCUT2D eigenvalue weighted by Crippen LogP contribution is -2.30. The van der Waals surface area contributed by atoms with Crippen LogP contribution >= 0.6 is 0 Å². The first-order chi connectivity index (χ1) is 7.16. The average Bonchev–Trinajstić information content (AvgIpc) is 2.55. The summed E-state index contributed by atoms with van der Waals surface area (Å²) in [6, 6.07) is 0.372. The Labute approximate surface area is 90.3 Å². The zero-order valence-electron chi connectivity index (χ0n) is 9.40. The summed E-state index contributed by atoms with van der Waals surface area (Å²) in [6.07, 6.45) is 5.22. The Kier molecular flexibility index (Phi) is 3.07. The molecule has 0 saturated carbocycles. The summed E-state index contributed by atoms with van der Waals surface area (Å²) in [6.45, 7) is 2.46. The lowest BCUT2D eigenvalue weighted by molar-refractivity contribution is 0.184. The van der Waals surface area contributed by atoms with Gasteiger partial charge in [0.05, 0.1) is 11.8 Å². The van der Waals surface area contributed by atoms with E-state index in [0.717, 1.165) is 12.8 Å². The normalized spacial score (nSPS) is 22.5. The highest BCUT2D eigenvalue weighted by atomic mass is 16.3. The number of aromatic nitrogens is 2. The third-order valence-electron chi connectivity index (χ3n) is 2.88. The molecule has 2 atom stereocenters. The van der Waals surface area contributed by atoms with Gasteiger partial charge in [0.2, 0.25) is 0 Å². The van der Waals surface area contributed by atoms with Gasteiger partial charge in [0.15, 0.2) is 0 Å². The fourth-order valence-electron chi connectivity index (χ4n) is 2.19. The van der Waals surface area contributed by atoms with Crippen molar-refractivity contribution in [2.45, 2.75) is 38.3 Å². The topological polar surface area (TPSA) is 50.1 Å². The first-order valence-corrected chi connectivity index (χ1v) is 5.60. The number of fused-ring (bicyclic) bond motifs is 1. The van der Waals surface area contributed by atoms with Crippen LogP contribution in [-0.2, 0) is 13.5 Å². The molecule has 0 radical (unpaired) electrons. The van der Waals surface area contributed by atoms with Crippen LogP contribution in [0.5, 0.6) is 0 Å². The molecule has 0 amide bonds. The van der Waals surface area contributed by atoms with Gasteiger partial charge in [0, 0.05) is 31.4 Å². The van der Waals surface area contributed by atoms with Crippen molar-refractivity contribution < 1.29 is 5.11 Å². The molecule has 1 aliphatic rings. The quantitative estimate of drug-likeness (QED) is 0.773. The summed E-state index contributed by atoms with van der Waals surface area (Å²) in [5.74, 6) is 0. The van der Waals surface area contributed by atoms with E-state index >= 15 is 0 Å². The van der Waals surface area contributed by atoms with E-state index in [1.54, 1.807) is 6.92 Å². The number of rotatable bonds is 3. The van der Waals surface area contributed by atoms with Crippen LogP contribution in [0.1, 0.15) is 37.1 Å². The SMILES string of the molecule is C[C@H](O)CN[C@@H]1CCCc2nn(C)cc21. The second kappa shape index (κ2) is 4.33. The van der Waals surface area contributed by atoms with Crippen LogP contribution in [0.3, 0.4) is 0 Å². The Morgan fingerprint density at radius 3 is 3.27 bits per heavy atom. The molecule has 15 heavy (non-hydrogen) atoms. The molecule has 1 aliphatic carbocycles. The molecule has 0 bridgehead atoms. The Morgan fingerprint density at radius 1 is 1.73 bits per heavy atom. The van der Waals surface area contributed by atoms with Gasteiger partial charge >= 0.3 is 0 Å². The molecule has 4 nitrogen and oxygen atoms in total. The standard InChI is InChI=1S/C11H19N3O/c1-8(15)6-12-10-4-3-5-11-9(10)7-14(2)13-11/h7-8,10,12,15H,3-6H2,1-2H3/t8-,10+/m0/s1. The average molecular weight is 209 g/mol. The highest BCUT2D eigenvalue weighted by molar-refractivity contribution is 5.24. The van der Waals surface area contributed by atoms with Crippen LogP contribution in [-0.4, -0.2) is 27.5 Å². The van der Waals surface area contributed by atoms with Crippen LogP contribution in [0, 0.1) is 0 Å². The van der Waals surface area contributed by atoms with E-state index in [2.05, 4.69) is 16.6 Å². The molecule has 4 heteroatoms. The molecule has 0 spiro atoms. The lowest BCUT2D eigenvalue weighted by Gasteiger charge is -2.23. The summed E-state index contributed by atoms with van der Waals surface area (Å²) < 4.78 is 1.88.